The van der Waals surface area contributed by atoms with Crippen molar-refractivity contribution in [2.45, 2.75) is 52.6 Å². The molecule has 0 aromatic carbocycles. The van der Waals surface area contributed by atoms with Gasteiger partial charge in [-0.05, 0) is 24.2 Å². The van der Waals surface area contributed by atoms with Crippen molar-refractivity contribution in [3.8, 4) is 0 Å². The molecule has 94 valence electrons. The first kappa shape index (κ1) is 13.5. The van der Waals surface area contributed by atoms with Gasteiger partial charge in [-0.3, -0.25) is 4.79 Å². The Balaban J connectivity index is 2.56. The van der Waals surface area contributed by atoms with Crippen LogP contribution in [-0.4, -0.2) is 12.0 Å². The summed E-state index contributed by atoms with van der Waals surface area (Å²) in [4.78, 5) is 11.8. The summed E-state index contributed by atoms with van der Waals surface area (Å²) in [6.45, 7) is 5.80. The molecule has 1 aliphatic carbocycles. The molecule has 0 bridgehead atoms. The molecule has 0 aromatic rings. The normalized spacial score (nSPS) is 19.6. The van der Waals surface area contributed by atoms with Crippen LogP contribution in [0, 0.1) is 17.3 Å². The Morgan fingerprint density at radius 2 is 1.75 bits per heavy atom. The lowest BCUT2D eigenvalue weighted by Gasteiger charge is -2.29. The van der Waals surface area contributed by atoms with Gasteiger partial charge in [0, 0.05) is 12.3 Å². The maximum Gasteiger partial charge on any atom is 0.389 e. The highest BCUT2D eigenvalue weighted by atomic mass is 19.4. The summed E-state index contributed by atoms with van der Waals surface area (Å²) in [5.74, 6) is -0.0945. The van der Waals surface area contributed by atoms with E-state index in [1.54, 1.807) is 0 Å². The molecule has 1 rings (SSSR count). The molecule has 1 fully saturated rings. The summed E-state index contributed by atoms with van der Waals surface area (Å²) >= 11 is 0. The zero-order valence-corrected chi connectivity index (χ0v) is 10.0. The topological polar surface area (TPSA) is 17.1 Å². The fraction of sp³-hybridized carbons (Fsp3) is 0.917. The molecular formula is C12H19F3O. The van der Waals surface area contributed by atoms with Crippen LogP contribution in [0.3, 0.4) is 0 Å². The largest absolute Gasteiger partial charge is 0.389 e. The second kappa shape index (κ2) is 4.38. The Bertz CT molecular complexity index is 258. The highest BCUT2D eigenvalue weighted by Gasteiger charge is 2.43. The first-order chi connectivity index (χ1) is 7.11. The number of rotatable bonds is 4. The van der Waals surface area contributed by atoms with E-state index in [-0.39, 0.29) is 23.5 Å². The van der Waals surface area contributed by atoms with Crippen LogP contribution in [0.25, 0.3) is 0 Å². The molecule has 1 unspecified atom stereocenters. The molecule has 0 heterocycles. The van der Waals surface area contributed by atoms with Crippen molar-refractivity contribution in [2.75, 3.05) is 0 Å². The number of carbonyl (C=O) groups excluding carboxylic acids is 1. The quantitative estimate of drug-likeness (QED) is 0.721. The molecule has 0 radical (unpaired) electrons. The number of ketones is 1. The molecule has 4 heteroatoms. The van der Waals surface area contributed by atoms with Gasteiger partial charge in [0.15, 0.2) is 0 Å². The third-order valence-corrected chi connectivity index (χ3v) is 3.03. The predicted molar refractivity (Wildman–Crippen MR) is 56.0 cm³/mol. The van der Waals surface area contributed by atoms with Gasteiger partial charge in [-0.1, -0.05) is 20.8 Å². The third kappa shape index (κ3) is 4.14. The van der Waals surface area contributed by atoms with Crippen LogP contribution >= 0.6 is 0 Å². The van der Waals surface area contributed by atoms with Crippen LogP contribution in [0.5, 0.6) is 0 Å². The van der Waals surface area contributed by atoms with Gasteiger partial charge in [0.25, 0.3) is 0 Å². The molecule has 1 nitrogen and oxygen atoms in total. The van der Waals surface area contributed by atoms with Crippen molar-refractivity contribution in [1.82, 2.24) is 0 Å². The third-order valence-electron chi connectivity index (χ3n) is 3.03. The first-order valence-corrected chi connectivity index (χ1v) is 5.71. The number of alkyl halides is 3. The van der Waals surface area contributed by atoms with E-state index < -0.39 is 12.6 Å². The summed E-state index contributed by atoms with van der Waals surface area (Å²) in [7, 11) is 0. The summed E-state index contributed by atoms with van der Waals surface area (Å²) in [5.41, 5.74) is -0.218. The molecule has 16 heavy (non-hydrogen) atoms. The second-order valence-electron chi connectivity index (χ2n) is 5.76. The number of Topliss-reactive ketones (excluding diaryl/α,β-unsaturated/α-hetero) is 1. The molecule has 0 aromatic heterocycles. The second-order valence-corrected chi connectivity index (χ2v) is 5.76. The zero-order valence-electron chi connectivity index (χ0n) is 10.0. The van der Waals surface area contributed by atoms with Gasteiger partial charge >= 0.3 is 6.18 Å². The van der Waals surface area contributed by atoms with Gasteiger partial charge in [0.2, 0.25) is 0 Å². The van der Waals surface area contributed by atoms with E-state index in [0.29, 0.717) is 5.92 Å². The summed E-state index contributed by atoms with van der Waals surface area (Å²) in [6.07, 6.45) is -3.59. The molecule has 0 aliphatic heterocycles. The van der Waals surface area contributed by atoms with Gasteiger partial charge in [-0.25, -0.2) is 0 Å². The minimum Gasteiger partial charge on any atom is -0.299 e. The van der Waals surface area contributed by atoms with Crippen molar-refractivity contribution in [3.05, 3.63) is 0 Å². The standard InChI is InChI=1S/C12H19F3O/c1-11(2,3)10(8-4-5-8)9(16)6-7-12(13,14)15/h8,10H,4-7H2,1-3H3. The van der Waals surface area contributed by atoms with E-state index in [0.717, 1.165) is 12.8 Å². The van der Waals surface area contributed by atoms with Crippen LogP contribution in [0.4, 0.5) is 13.2 Å². The first-order valence-electron chi connectivity index (χ1n) is 5.71. The van der Waals surface area contributed by atoms with E-state index in [4.69, 9.17) is 0 Å². The zero-order chi connectivity index (χ0) is 12.6. The SMILES string of the molecule is CC(C)(C)C(C(=O)CCC(F)(F)F)C1CC1. The Kier molecular flexibility index (Phi) is 3.70. The highest BCUT2D eigenvalue weighted by Crippen LogP contribution is 2.46. The Labute approximate surface area is 94.4 Å². The van der Waals surface area contributed by atoms with Crippen LogP contribution < -0.4 is 0 Å². The van der Waals surface area contributed by atoms with E-state index in [1.807, 2.05) is 20.8 Å². The summed E-state index contributed by atoms with van der Waals surface area (Å²) in [6, 6.07) is 0. The van der Waals surface area contributed by atoms with Crippen LogP contribution in [0.1, 0.15) is 46.5 Å². The van der Waals surface area contributed by atoms with Crippen molar-refractivity contribution in [3.63, 3.8) is 0 Å². The number of hydrogen-bond donors (Lipinski definition) is 0. The Hall–Kier alpha value is -0.540. The number of halogens is 3. The minimum absolute atomic E-state index is 0.199. The summed E-state index contributed by atoms with van der Waals surface area (Å²) < 4.78 is 36.1. The molecule has 0 N–H and O–H groups in total. The van der Waals surface area contributed by atoms with E-state index in [1.165, 1.54) is 0 Å². The lowest BCUT2D eigenvalue weighted by Crippen LogP contribution is -2.31. The maximum atomic E-state index is 12.0. The van der Waals surface area contributed by atoms with Gasteiger partial charge in [-0.15, -0.1) is 0 Å². The van der Waals surface area contributed by atoms with E-state index >= 15 is 0 Å². The average molecular weight is 236 g/mol. The maximum absolute atomic E-state index is 12.0. The van der Waals surface area contributed by atoms with E-state index in [2.05, 4.69) is 0 Å². The fourth-order valence-corrected chi connectivity index (χ4v) is 2.30. The molecule has 0 spiro atoms. The smallest absolute Gasteiger partial charge is 0.299 e. The molecule has 1 aliphatic rings. The average Bonchev–Trinajstić information content (AvgIpc) is 2.81. The Morgan fingerprint density at radius 1 is 1.25 bits per heavy atom. The predicted octanol–water partition coefficient (Wildman–Crippen LogP) is 3.97. The van der Waals surface area contributed by atoms with Crippen molar-refractivity contribution in [2.24, 2.45) is 17.3 Å². The number of carbonyl (C=O) groups is 1. The monoisotopic (exact) mass is 236 g/mol. The van der Waals surface area contributed by atoms with Crippen molar-refractivity contribution >= 4 is 5.78 Å². The summed E-state index contributed by atoms with van der Waals surface area (Å²) in [5, 5.41) is 0. The van der Waals surface area contributed by atoms with Gasteiger partial charge in [0.05, 0.1) is 6.42 Å². The fourth-order valence-electron chi connectivity index (χ4n) is 2.30. The molecule has 0 amide bonds. The van der Waals surface area contributed by atoms with Gasteiger partial charge in [-0.2, -0.15) is 13.2 Å². The Morgan fingerprint density at radius 3 is 2.06 bits per heavy atom. The minimum atomic E-state index is -4.22. The molecular weight excluding hydrogens is 217 g/mol. The molecule has 0 saturated heterocycles. The van der Waals surface area contributed by atoms with Crippen LogP contribution in [-0.2, 0) is 4.79 Å². The van der Waals surface area contributed by atoms with Gasteiger partial charge in [0.1, 0.15) is 5.78 Å². The van der Waals surface area contributed by atoms with Crippen molar-refractivity contribution in [1.29, 1.82) is 0 Å². The highest BCUT2D eigenvalue weighted by molar-refractivity contribution is 5.82. The molecule has 1 atom stereocenters. The van der Waals surface area contributed by atoms with Gasteiger partial charge < -0.3 is 0 Å². The van der Waals surface area contributed by atoms with E-state index in [9.17, 15) is 18.0 Å². The number of hydrogen-bond acceptors (Lipinski definition) is 1. The van der Waals surface area contributed by atoms with Crippen LogP contribution in [0.2, 0.25) is 0 Å². The lowest BCUT2D eigenvalue weighted by molar-refractivity contribution is -0.146. The van der Waals surface area contributed by atoms with Crippen LogP contribution in [0.15, 0.2) is 0 Å². The lowest BCUT2D eigenvalue weighted by atomic mass is 9.74. The molecule has 1 saturated carbocycles. The van der Waals surface area contributed by atoms with Crippen molar-refractivity contribution < 1.29 is 18.0 Å².